The van der Waals surface area contributed by atoms with Crippen molar-refractivity contribution in [1.82, 2.24) is 29.8 Å². The van der Waals surface area contributed by atoms with Crippen molar-refractivity contribution in [1.29, 1.82) is 5.26 Å². The molecule has 6 heterocycles. The maximum atomic E-state index is 15.2. The van der Waals surface area contributed by atoms with Crippen LogP contribution in [0.25, 0.3) is 22.6 Å². The van der Waals surface area contributed by atoms with Crippen LogP contribution in [0.1, 0.15) is 92.2 Å². The summed E-state index contributed by atoms with van der Waals surface area (Å²) in [7, 11) is 1.96. The smallest absolute Gasteiger partial charge is 0.186 e. The number of hydrogen-bond acceptors (Lipinski definition) is 11. The molecule has 5 atom stereocenters. The van der Waals surface area contributed by atoms with Crippen LogP contribution in [-0.4, -0.2) is 79.4 Å². The third-order valence-electron chi connectivity index (χ3n) is 11.0. The zero-order valence-electron chi connectivity index (χ0n) is 26.6. The third kappa shape index (κ3) is 4.40. The fourth-order valence-electron chi connectivity index (χ4n) is 8.91. The molecule has 4 aromatic heterocycles. The second-order valence-electron chi connectivity index (χ2n) is 14.1. The highest BCUT2D eigenvalue weighted by Crippen LogP contribution is 2.55. The lowest BCUT2D eigenvalue weighted by Crippen LogP contribution is -2.46. The van der Waals surface area contributed by atoms with Crippen molar-refractivity contribution in [3.8, 4) is 17.6 Å². The Balaban J connectivity index is 1.30. The molecule has 2 aliphatic heterocycles. The van der Waals surface area contributed by atoms with Crippen LogP contribution in [0.5, 0.6) is 0 Å². The van der Waals surface area contributed by atoms with Crippen LogP contribution in [-0.2, 0) is 18.3 Å². The summed E-state index contributed by atoms with van der Waals surface area (Å²) in [5.74, 6) is 1.92. The number of hydrogen-bond donors (Lipinski definition) is 2. The van der Waals surface area contributed by atoms with Crippen LogP contribution < -0.4 is 10.6 Å². The summed E-state index contributed by atoms with van der Waals surface area (Å²) in [5, 5.41) is 31.9. The lowest BCUT2D eigenvalue weighted by Gasteiger charge is -2.39. The molecule has 0 amide bonds. The Labute approximate surface area is 271 Å². The highest BCUT2D eigenvalue weighted by Gasteiger charge is 2.49. The molecule has 2 fully saturated rings. The van der Waals surface area contributed by atoms with Crippen molar-refractivity contribution >= 4 is 33.2 Å². The zero-order valence-corrected chi connectivity index (χ0v) is 27.4. The van der Waals surface area contributed by atoms with Gasteiger partial charge in [-0.25, -0.2) is 19.0 Å². The first-order valence-electron chi connectivity index (χ1n) is 16.5. The molecule has 0 saturated carbocycles. The number of piperidine rings is 1. The van der Waals surface area contributed by atoms with E-state index in [1.807, 2.05) is 25.6 Å². The van der Waals surface area contributed by atoms with Crippen molar-refractivity contribution in [2.45, 2.75) is 101 Å². The van der Waals surface area contributed by atoms with Gasteiger partial charge in [-0.3, -0.25) is 4.90 Å². The van der Waals surface area contributed by atoms with Crippen LogP contribution in [0.3, 0.4) is 0 Å². The number of anilines is 2. The number of fused-ring (bicyclic) bond motifs is 5. The first kappa shape index (κ1) is 29.8. The van der Waals surface area contributed by atoms with E-state index in [9.17, 15) is 10.4 Å². The molecule has 46 heavy (non-hydrogen) atoms. The predicted octanol–water partition coefficient (Wildman–Crippen LogP) is 4.91. The zero-order chi connectivity index (χ0) is 32.0. The maximum absolute atomic E-state index is 15.2. The van der Waals surface area contributed by atoms with Crippen LogP contribution in [0.4, 0.5) is 15.2 Å². The van der Waals surface area contributed by atoms with Crippen molar-refractivity contribution < 1.29 is 14.0 Å². The Morgan fingerprint density at radius 1 is 1.20 bits per heavy atom. The third-order valence-corrected chi connectivity index (χ3v) is 12.1. The van der Waals surface area contributed by atoms with Crippen LogP contribution in [0.15, 0.2) is 10.7 Å². The molecular formula is C33H40FN9O2S. The van der Waals surface area contributed by atoms with Gasteiger partial charge in [-0.1, -0.05) is 5.16 Å². The standard InChI is InChI=1S/C33H40FN9O2S/c1-18(26-22(34)9-14-41(26)3)43-31-21(16-37-43)30(42-13-6-10-32(2,44)17-42)38-29(39-31)25-19-7-4-11-33(27(19)45-40-25)12-5-8-23-24(33)20(15-35)28(36)46-23/h16,18,22,26,44H,4-14,17,36H2,1-3H3/t18-,22-,26+,32+,33-/m0/s1. The second-order valence-corrected chi connectivity index (χ2v) is 15.3. The fourth-order valence-corrected chi connectivity index (χ4v) is 10.1. The molecule has 4 aromatic rings. The molecule has 0 unspecified atom stereocenters. The molecule has 3 N–H and O–H groups in total. The summed E-state index contributed by atoms with van der Waals surface area (Å²) in [6.07, 6.45) is 8.14. The number of likely N-dealkylation sites (tertiary alicyclic amines) is 1. The SMILES string of the molecule is C[C@@H]([C@@H]1[C@@H](F)CCN1C)n1ncc2c(N3CCC[C@@](C)(O)C3)nc(-c3noc4c3CCC[C@@]43CCCc4sc(N)c(C#N)c43)nc21. The van der Waals surface area contributed by atoms with E-state index in [1.54, 1.807) is 6.20 Å². The largest absolute Gasteiger partial charge is 0.389 e. The topological polar surface area (TPSA) is 146 Å². The lowest BCUT2D eigenvalue weighted by atomic mass is 9.63. The molecule has 2 aliphatic carbocycles. The monoisotopic (exact) mass is 645 g/mol. The molecular weight excluding hydrogens is 605 g/mol. The van der Waals surface area contributed by atoms with Gasteiger partial charge in [0.05, 0.1) is 40.2 Å². The van der Waals surface area contributed by atoms with Gasteiger partial charge in [-0.05, 0) is 84.2 Å². The van der Waals surface area contributed by atoms with Crippen LogP contribution in [0, 0.1) is 11.3 Å². The number of β-amino-alcohol motifs (C(OH)–C–C–N with tert-alkyl or cyclic N) is 1. The van der Waals surface area contributed by atoms with Gasteiger partial charge in [0.1, 0.15) is 23.1 Å². The quantitative estimate of drug-likeness (QED) is 0.314. The molecule has 0 aromatic carbocycles. The Morgan fingerprint density at radius 3 is 2.74 bits per heavy atom. The molecule has 4 aliphatic rings. The number of nitrogens with zero attached hydrogens (tertiary/aromatic N) is 8. The highest BCUT2D eigenvalue weighted by atomic mass is 32.1. The normalized spacial score (nSPS) is 28.8. The van der Waals surface area contributed by atoms with Crippen molar-refractivity contribution in [3.63, 3.8) is 0 Å². The van der Waals surface area contributed by atoms with E-state index in [1.165, 1.54) is 16.2 Å². The number of nitrogens with two attached hydrogens (primary N) is 1. The number of likely N-dealkylation sites (N-methyl/N-ethyl adjacent to an activating group) is 1. The number of aryl methyl sites for hydroxylation is 1. The van der Waals surface area contributed by atoms with Gasteiger partial charge in [0, 0.05) is 30.1 Å². The first-order chi connectivity index (χ1) is 22.1. The van der Waals surface area contributed by atoms with Gasteiger partial charge in [-0.2, -0.15) is 10.4 Å². The molecule has 13 heteroatoms. The van der Waals surface area contributed by atoms with E-state index in [-0.39, 0.29) is 12.1 Å². The summed E-state index contributed by atoms with van der Waals surface area (Å²) in [6.45, 7) is 5.72. The van der Waals surface area contributed by atoms with Crippen molar-refractivity contribution in [3.05, 3.63) is 33.5 Å². The number of thiophene rings is 1. The highest BCUT2D eigenvalue weighted by molar-refractivity contribution is 7.16. The Kier molecular flexibility index (Phi) is 6.94. The molecule has 0 radical (unpaired) electrons. The van der Waals surface area contributed by atoms with Gasteiger partial charge in [0.2, 0.25) is 0 Å². The molecule has 242 valence electrons. The first-order valence-corrected chi connectivity index (χ1v) is 17.3. The van der Waals surface area contributed by atoms with E-state index in [4.69, 9.17) is 25.3 Å². The van der Waals surface area contributed by atoms with E-state index in [2.05, 4.69) is 21.0 Å². The van der Waals surface area contributed by atoms with Crippen molar-refractivity contribution in [2.75, 3.05) is 37.3 Å². The van der Waals surface area contributed by atoms with E-state index >= 15 is 4.39 Å². The van der Waals surface area contributed by atoms with Gasteiger partial charge in [0.25, 0.3) is 0 Å². The van der Waals surface area contributed by atoms with Gasteiger partial charge < -0.3 is 20.3 Å². The molecule has 2 saturated heterocycles. The molecule has 11 nitrogen and oxygen atoms in total. The van der Waals surface area contributed by atoms with E-state index in [0.717, 1.165) is 73.8 Å². The average Bonchev–Trinajstić information content (AvgIpc) is 3.80. The van der Waals surface area contributed by atoms with Gasteiger partial charge in [0.15, 0.2) is 22.9 Å². The van der Waals surface area contributed by atoms with Gasteiger partial charge in [-0.15, -0.1) is 11.3 Å². The summed E-state index contributed by atoms with van der Waals surface area (Å²) in [4.78, 5) is 15.6. The lowest BCUT2D eigenvalue weighted by molar-refractivity contribution is 0.0448. The minimum Gasteiger partial charge on any atom is -0.389 e. The maximum Gasteiger partial charge on any atom is 0.186 e. The molecule has 1 spiro atoms. The fraction of sp³-hybridized carbons (Fsp3) is 0.606. The minimum atomic E-state index is -0.958. The summed E-state index contributed by atoms with van der Waals surface area (Å²) in [6, 6.07) is 1.79. The molecule has 0 bridgehead atoms. The number of nitriles is 1. The van der Waals surface area contributed by atoms with Crippen LogP contribution >= 0.6 is 11.3 Å². The van der Waals surface area contributed by atoms with Crippen LogP contribution in [0.2, 0.25) is 0 Å². The van der Waals surface area contributed by atoms with E-state index < -0.39 is 17.2 Å². The molecule has 8 rings (SSSR count). The Bertz CT molecular complexity index is 1860. The van der Waals surface area contributed by atoms with E-state index in [0.29, 0.717) is 59.5 Å². The minimum absolute atomic E-state index is 0.274. The number of aliphatic hydroxyl groups is 1. The number of halogens is 1. The number of nitrogen functional groups attached to an aromatic ring is 1. The summed E-state index contributed by atoms with van der Waals surface area (Å²) >= 11 is 1.52. The number of rotatable bonds is 4. The predicted molar refractivity (Wildman–Crippen MR) is 174 cm³/mol. The second kappa shape index (κ2) is 10.7. The Hall–Kier alpha value is -3.60. The summed E-state index contributed by atoms with van der Waals surface area (Å²) in [5.41, 5.74) is 8.83. The summed E-state index contributed by atoms with van der Waals surface area (Å²) < 4.78 is 23.3. The van der Waals surface area contributed by atoms with Crippen molar-refractivity contribution in [2.24, 2.45) is 0 Å². The number of aromatic nitrogens is 5. The van der Waals surface area contributed by atoms with Gasteiger partial charge >= 0.3 is 0 Å². The average molecular weight is 646 g/mol. The number of alkyl halides is 1. The Morgan fingerprint density at radius 2 is 2.00 bits per heavy atom.